The van der Waals surface area contributed by atoms with Gasteiger partial charge in [0.15, 0.2) is 0 Å². The lowest BCUT2D eigenvalue weighted by molar-refractivity contribution is -0.122. The molecular formula is C29H29FN4O2. The van der Waals surface area contributed by atoms with E-state index in [2.05, 4.69) is 20.1 Å². The number of pyridine rings is 1. The fourth-order valence-electron chi connectivity index (χ4n) is 4.80. The van der Waals surface area contributed by atoms with Crippen molar-refractivity contribution in [1.82, 2.24) is 14.8 Å². The fourth-order valence-corrected chi connectivity index (χ4v) is 4.80. The second kappa shape index (κ2) is 10.4. The van der Waals surface area contributed by atoms with E-state index in [9.17, 15) is 14.3 Å². The van der Waals surface area contributed by atoms with E-state index in [4.69, 9.17) is 0 Å². The van der Waals surface area contributed by atoms with Crippen LogP contribution in [-0.2, 0) is 11.3 Å². The van der Waals surface area contributed by atoms with E-state index in [-0.39, 0.29) is 17.5 Å². The highest BCUT2D eigenvalue weighted by Crippen LogP contribution is 2.28. The maximum absolute atomic E-state index is 13.6. The highest BCUT2D eigenvalue weighted by atomic mass is 19.1. The van der Waals surface area contributed by atoms with Crippen molar-refractivity contribution in [2.24, 2.45) is 0 Å². The summed E-state index contributed by atoms with van der Waals surface area (Å²) >= 11 is 0. The summed E-state index contributed by atoms with van der Waals surface area (Å²) in [4.78, 5) is 22.3. The quantitative estimate of drug-likeness (QED) is 0.408. The lowest BCUT2D eigenvalue weighted by Crippen LogP contribution is -2.49. The van der Waals surface area contributed by atoms with Crippen LogP contribution < -0.4 is 5.32 Å². The van der Waals surface area contributed by atoms with E-state index in [1.807, 2.05) is 49.4 Å². The second-order valence-corrected chi connectivity index (χ2v) is 9.26. The molecule has 0 spiro atoms. The third-order valence-electron chi connectivity index (χ3n) is 6.76. The number of carbonyl (C=O) groups is 1. The highest BCUT2D eigenvalue weighted by molar-refractivity contribution is 5.95. The van der Waals surface area contributed by atoms with Crippen LogP contribution in [0.1, 0.15) is 22.7 Å². The van der Waals surface area contributed by atoms with Gasteiger partial charge < -0.3 is 10.4 Å². The largest absolute Gasteiger partial charge is 0.506 e. The van der Waals surface area contributed by atoms with Crippen LogP contribution in [0.2, 0.25) is 0 Å². The van der Waals surface area contributed by atoms with Crippen molar-refractivity contribution in [3.8, 4) is 5.75 Å². The molecule has 1 unspecified atom stereocenters. The van der Waals surface area contributed by atoms with E-state index < -0.39 is 6.04 Å². The molecule has 3 aromatic carbocycles. The van der Waals surface area contributed by atoms with Gasteiger partial charge in [-0.05, 0) is 54.4 Å². The molecule has 1 aromatic heterocycles. The second-order valence-electron chi connectivity index (χ2n) is 9.26. The average molecular weight is 485 g/mol. The number of aromatic hydroxyl groups is 1. The van der Waals surface area contributed by atoms with E-state index in [0.29, 0.717) is 18.6 Å². The molecule has 2 N–H and O–H groups in total. The topological polar surface area (TPSA) is 68.7 Å². The van der Waals surface area contributed by atoms with E-state index in [0.717, 1.165) is 47.4 Å². The van der Waals surface area contributed by atoms with Gasteiger partial charge in [-0.15, -0.1) is 0 Å². The summed E-state index contributed by atoms with van der Waals surface area (Å²) in [5.74, 6) is -0.271. The molecule has 0 saturated carbocycles. The molecule has 0 radical (unpaired) electrons. The summed E-state index contributed by atoms with van der Waals surface area (Å²) in [5.41, 5.74) is 4.35. The molecule has 1 saturated heterocycles. The summed E-state index contributed by atoms with van der Waals surface area (Å²) in [6.07, 6.45) is 1.68. The first-order valence-electron chi connectivity index (χ1n) is 12.1. The molecule has 36 heavy (non-hydrogen) atoms. The van der Waals surface area contributed by atoms with Gasteiger partial charge in [0.2, 0.25) is 5.91 Å². The smallest absolute Gasteiger partial charge is 0.246 e. The van der Waals surface area contributed by atoms with Gasteiger partial charge in [-0.3, -0.25) is 19.6 Å². The normalized spacial score (nSPS) is 15.6. The number of aryl methyl sites for hydroxylation is 1. The first-order valence-corrected chi connectivity index (χ1v) is 12.1. The van der Waals surface area contributed by atoms with Gasteiger partial charge in [0.05, 0.1) is 0 Å². The molecule has 0 bridgehead atoms. The Balaban J connectivity index is 1.31. The van der Waals surface area contributed by atoms with Crippen molar-refractivity contribution >= 4 is 22.5 Å². The molecule has 1 aliphatic rings. The minimum Gasteiger partial charge on any atom is -0.506 e. The van der Waals surface area contributed by atoms with Crippen molar-refractivity contribution in [1.29, 1.82) is 0 Å². The number of rotatable bonds is 6. The zero-order valence-corrected chi connectivity index (χ0v) is 20.2. The number of aromatic nitrogens is 1. The molecule has 7 heteroatoms. The molecule has 184 valence electrons. The van der Waals surface area contributed by atoms with Crippen molar-refractivity contribution in [3.63, 3.8) is 0 Å². The van der Waals surface area contributed by atoms with E-state index in [1.165, 1.54) is 12.1 Å². The van der Waals surface area contributed by atoms with Gasteiger partial charge >= 0.3 is 0 Å². The molecule has 4 aromatic rings. The predicted octanol–water partition coefficient (Wildman–Crippen LogP) is 4.89. The molecule has 1 atom stereocenters. The summed E-state index contributed by atoms with van der Waals surface area (Å²) in [6.45, 7) is 5.67. The molecular weight excluding hydrogens is 455 g/mol. The van der Waals surface area contributed by atoms with Crippen molar-refractivity contribution < 1.29 is 14.3 Å². The van der Waals surface area contributed by atoms with Crippen LogP contribution in [0, 0.1) is 12.7 Å². The molecule has 2 heterocycles. The first kappa shape index (κ1) is 23.9. The zero-order valence-electron chi connectivity index (χ0n) is 20.2. The number of nitrogens with one attached hydrogen (secondary N) is 1. The van der Waals surface area contributed by atoms with Crippen LogP contribution >= 0.6 is 0 Å². The van der Waals surface area contributed by atoms with Crippen LogP contribution in [0.5, 0.6) is 5.75 Å². The average Bonchev–Trinajstić information content (AvgIpc) is 2.89. The number of carbonyl (C=O) groups excluding carboxylic acids is 1. The molecule has 1 fully saturated rings. The van der Waals surface area contributed by atoms with Gasteiger partial charge in [0.25, 0.3) is 0 Å². The van der Waals surface area contributed by atoms with Crippen LogP contribution in [0.15, 0.2) is 79.0 Å². The Morgan fingerprint density at radius 3 is 2.44 bits per heavy atom. The SMILES string of the molecule is Cc1ccc(NC(=O)C(c2ccc(F)cc2)N2CCN(Cc3ccc(O)c4ncccc34)CC2)cc1. The zero-order chi connectivity index (χ0) is 25.1. The van der Waals surface area contributed by atoms with Gasteiger partial charge in [-0.1, -0.05) is 42.0 Å². The lowest BCUT2D eigenvalue weighted by atomic mass is 10.0. The number of halogens is 1. The third-order valence-corrected chi connectivity index (χ3v) is 6.76. The van der Waals surface area contributed by atoms with Gasteiger partial charge in [0.1, 0.15) is 23.1 Å². The minimum absolute atomic E-state index is 0.130. The lowest BCUT2D eigenvalue weighted by Gasteiger charge is -2.39. The molecule has 1 aliphatic heterocycles. The van der Waals surface area contributed by atoms with E-state index in [1.54, 1.807) is 24.4 Å². The Labute approximate surface area is 210 Å². The van der Waals surface area contributed by atoms with Crippen LogP contribution in [0.4, 0.5) is 10.1 Å². The number of hydrogen-bond acceptors (Lipinski definition) is 5. The van der Waals surface area contributed by atoms with Gasteiger partial charge in [-0.25, -0.2) is 4.39 Å². The van der Waals surface area contributed by atoms with Crippen LogP contribution in [0.3, 0.4) is 0 Å². The monoisotopic (exact) mass is 484 g/mol. The third kappa shape index (κ3) is 5.22. The number of anilines is 1. The van der Waals surface area contributed by atoms with Crippen LogP contribution in [-0.4, -0.2) is 52.0 Å². The molecule has 1 amide bonds. The first-order chi connectivity index (χ1) is 17.5. The van der Waals surface area contributed by atoms with E-state index >= 15 is 0 Å². The number of amides is 1. The molecule has 5 rings (SSSR count). The van der Waals surface area contributed by atoms with Crippen molar-refractivity contribution in [2.75, 3.05) is 31.5 Å². The Hall–Kier alpha value is -3.81. The number of benzene rings is 3. The number of phenols is 1. The van der Waals surface area contributed by atoms with Crippen LogP contribution in [0.25, 0.3) is 10.9 Å². The number of fused-ring (bicyclic) bond motifs is 1. The van der Waals surface area contributed by atoms with Gasteiger partial charge in [-0.2, -0.15) is 0 Å². The minimum atomic E-state index is -0.521. The summed E-state index contributed by atoms with van der Waals surface area (Å²) < 4.78 is 13.6. The number of nitrogens with zero attached hydrogens (tertiary/aromatic N) is 3. The van der Waals surface area contributed by atoms with Gasteiger partial charge in [0, 0.05) is 50.0 Å². The maximum Gasteiger partial charge on any atom is 0.246 e. The number of phenolic OH excluding ortho intramolecular Hbond substituents is 1. The predicted molar refractivity (Wildman–Crippen MR) is 139 cm³/mol. The highest BCUT2D eigenvalue weighted by Gasteiger charge is 2.31. The Morgan fingerprint density at radius 1 is 1.00 bits per heavy atom. The maximum atomic E-state index is 13.6. The fraction of sp³-hybridized carbons (Fsp3) is 0.241. The van der Waals surface area contributed by atoms with Crippen molar-refractivity contribution in [3.05, 3.63) is 102 Å². The van der Waals surface area contributed by atoms with Crippen molar-refractivity contribution in [2.45, 2.75) is 19.5 Å². The molecule has 0 aliphatic carbocycles. The number of piperazine rings is 1. The summed E-state index contributed by atoms with van der Waals surface area (Å²) in [5, 5.41) is 14.1. The Morgan fingerprint density at radius 2 is 1.72 bits per heavy atom. The standard InChI is InChI=1S/C29H29FN4O2/c1-20-4-11-24(12-5-20)32-29(36)28(21-6-9-23(30)10-7-21)34-17-15-33(16-18-34)19-22-8-13-26(35)27-25(22)3-2-14-31-27/h2-14,28,35H,15-19H2,1H3,(H,32,36). The Bertz CT molecular complexity index is 1350. The Kier molecular flexibility index (Phi) is 6.93. The number of hydrogen-bond donors (Lipinski definition) is 2. The summed E-state index contributed by atoms with van der Waals surface area (Å²) in [6, 6.07) is 20.9. The molecule has 6 nitrogen and oxygen atoms in total. The summed E-state index contributed by atoms with van der Waals surface area (Å²) in [7, 11) is 0.